The van der Waals surface area contributed by atoms with Crippen molar-refractivity contribution in [3.63, 3.8) is 0 Å². The van der Waals surface area contributed by atoms with Crippen molar-refractivity contribution in [2.75, 3.05) is 12.4 Å². The first-order valence-corrected chi connectivity index (χ1v) is 16.2. The van der Waals surface area contributed by atoms with Crippen molar-refractivity contribution < 1.29 is 52.2 Å². The number of fused-ring (bicyclic) bond motifs is 2. The van der Waals surface area contributed by atoms with E-state index in [9.17, 15) is 33.9 Å². The summed E-state index contributed by atoms with van der Waals surface area (Å²) in [7, 11) is -4.76. The third kappa shape index (κ3) is 6.30. The van der Waals surface area contributed by atoms with E-state index in [0.29, 0.717) is 11.4 Å². The molecule has 3 aliphatic rings. The Balaban J connectivity index is 1.37. The van der Waals surface area contributed by atoms with Gasteiger partial charge in [0.05, 0.1) is 18.7 Å². The average Bonchev–Trinajstić information content (AvgIpc) is 3.41. The highest BCUT2D eigenvalue weighted by Gasteiger charge is 2.47. The molecule has 0 spiro atoms. The van der Waals surface area contributed by atoms with E-state index in [0.717, 1.165) is 9.13 Å². The minimum Gasteiger partial charge on any atom is -0.858 e. The van der Waals surface area contributed by atoms with Crippen molar-refractivity contribution in [3.8, 4) is 11.9 Å². The van der Waals surface area contributed by atoms with Gasteiger partial charge in [-0.25, -0.2) is 23.9 Å². The molecule has 0 saturated carbocycles. The van der Waals surface area contributed by atoms with Crippen LogP contribution in [0.1, 0.15) is 30.9 Å². The predicted octanol–water partition coefficient (Wildman–Crippen LogP) is -0.615. The molecule has 5 rings (SSSR count). The molecule has 0 amide bonds. The zero-order valence-electron chi connectivity index (χ0n) is 20.1. The Morgan fingerprint density at radius 2 is 1.72 bits per heavy atom. The summed E-state index contributed by atoms with van der Waals surface area (Å²) >= 11 is 0.485. The Kier molecular flexibility index (Phi) is 7.80. The lowest BCUT2D eigenvalue weighted by molar-refractivity contribution is -0.291. The fraction of sp³-hybridized carbons (Fsp3) is 0.579. The zero-order chi connectivity index (χ0) is 28.1. The van der Waals surface area contributed by atoms with E-state index in [1.54, 1.807) is 0 Å². The highest BCUT2D eigenvalue weighted by molar-refractivity contribution is 8.54. The third-order valence-corrected chi connectivity index (χ3v) is 10.3. The van der Waals surface area contributed by atoms with Crippen LogP contribution in [-0.4, -0.2) is 65.7 Å². The number of hydrogen-bond acceptors (Lipinski definition) is 14. The minimum atomic E-state index is -4.76. The SMILES string of the molecule is Cc1cn([C@H]2C[C@@H]3OP(=O)(O)OC[C@H]4O[C@@H](n5ccc(=N)nc5[O-])C[C@@H]4OP(=O)(O)SC[C@H]3O2)c(=O)nc1[O-]. The first-order valence-electron chi connectivity index (χ1n) is 11.5. The molecule has 0 bridgehead atoms. The van der Waals surface area contributed by atoms with Gasteiger partial charge >= 0.3 is 20.3 Å². The van der Waals surface area contributed by atoms with E-state index in [4.69, 9.17) is 28.5 Å². The maximum absolute atomic E-state index is 13.0. The van der Waals surface area contributed by atoms with Gasteiger partial charge in [-0.15, -0.1) is 0 Å². The number of aryl methyl sites for hydroxylation is 1. The normalized spacial score (nSPS) is 37.4. The number of rotatable bonds is 2. The van der Waals surface area contributed by atoms with Gasteiger partial charge in [0.1, 0.15) is 36.3 Å². The summed E-state index contributed by atoms with van der Waals surface area (Å²) in [6, 6.07) is 0.458. The monoisotopic (exact) mass is 607 g/mol. The summed E-state index contributed by atoms with van der Waals surface area (Å²) in [5.74, 6) is -0.949. The van der Waals surface area contributed by atoms with Crippen LogP contribution in [0.5, 0.6) is 11.9 Å². The second-order valence-electron chi connectivity index (χ2n) is 8.97. The van der Waals surface area contributed by atoms with Crippen molar-refractivity contribution in [2.24, 2.45) is 0 Å². The van der Waals surface area contributed by atoms with Gasteiger partial charge in [-0.3, -0.25) is 23.5 Å². The number of nitrogens with one attached hydrogen (secondary N) is 1. The Morgan fingerprint density at radius 1 is 1.05 bits per heavy atom. The van der Waals surface area contributed by atoms with E-state index < -0.39 is 75.7 Å². The highest BCUT2D eigenvalue weighted by Crippen LogP contribution is 2.60. The van der Waals surface area contributed by atoms with Crippen LogP contribution in [0.4, 0.5) is 0 Å². The Hall–Kier alpha value is -2.11. The van der Waals surface area contributed by atoms with E-state index in [-0.39, 0.29) is 29.6 Å². The summed E-state index contributed by atoms with van der Waals surface area (Å²) in [5.41, 5.74) is -0.989. The molecular weight excluding hydrogens is 584 g/mol. The first-order chi connectivity index (χ1) is 18.3. The maximum atomic E-state index is 13.0. The molecule has 2 aromatic rings. The molecule has 20 heteroatoms. The van der Waals surface area contributed by atoms with E-state index in [2.05, 4.69) is 9.97 Å². The summed E-state index contributed by atoms with van der Waals surface area (Å²) < 4.78 is 55.4. The molecule has 2 unspecified atom stereocenters. The lowest BCUT2D eigenvalue weighted by atomic mass is 10.2. The van der Waals surface area contributed by atoms with Crippen LogP contribution in [0, 0.1) is 12.3 Å². The highest BCUT2D eigenvalue weighted by atomic mass is 32.7. The molecular formula is C19H23N5O12P2S-2. The van der Waals surface area contributed by atoms with Gasteiger partial charge in [0.25, 0.3) is 0 Å². The molecule has 17 nitrogen and oxygen atoms in total. The van der Waals surface area contributed by atoms with Gasteiger partial charge < -0.3 is 34.0 Å². The molecule has 214 valence electrons. The summed E-state index contributed by atoms with van der Waals surface area (Å²) in [4.78, 5) is 40.2. The molecule has 3 aliphatic heterocycles. The van der Waals surface area contributed by atoms with Crippen molar-refractivity contribution in [3.05, 3.63) is 40.0 Å². The number of ether oxygens (including phenoxy) is 2. The fourth-order valence-corrected chi connectivity index (χ4v) is 8.13. The molecule has 8 atom stereocenters. The first kappa shape index (κ1) is 28.4. The van der Waals surface area contributed by atoms with Crippen molar-refractivity contribution in [1.82, 2.24) is 19.1 Å². The number of hydrogen-bond donors (Lipinski definition) is 3. The molecule has 3 N–H and O–H groups in total. The number of nitrogens with zero attached hydrogens (tertiary/aromatic N) is 4. The lowest BCUT2D eigenvalue weighted by Crippen LogP contribution is -2.31. The van der Waals surface area contributed by atoms with Crippen molar-refractivity contribution >= 4 is 26.0 Å². The molecule has 2 aromatic heterocycles. The molecule has 5 heterocycles. The van der Waals surface area contributed by atoms with Crippen LogP contribution in [0.2, 0.25) is 0 Å². The topological polar surface area (TPSA) is 243 Å². The van der Waals surface area contributed by atoms with Gasteiger partial charge in [-0.1, -0.05) is 0 Å². The molecule has 3 fully saturated rings. The molecule has 3 saturated heterocycles. The summed E-state index contributed by atoms with van der Waals surface area (Å²) in [6.07, 6.45) is -4.28. The quantitative estimate of drug-likeness (QED) is 0.360. The lowest BCUT2D eigenvalue weighted by Gasteiger charge is -2.26. The van der Waals surface area contributed by atoms with Gasteiger partial charge in [0, 0.05) is 31.0 Å². The van der Waals surface area contributed by atoms with E-state index in [1.807, 2.05) is 0 Å². The molecule has 0 aromatic carbocycles. The van der Waals surface area contributed by atoms with Crippen LogP contribution in [0.15, 0.2) is 23.3 Å². The number of phosphoric acid groups is 1. The second-order valence-corrected chi connectivity index (χ2v) is 14.3. The van der Waals surface area contributed by atoms with Gasteiger partial charge in [0.15, 0.2) is 0 Å². The van der Waals surface area contributed by atoms with Gasteiger partial charge in [-0.05, 0) is 35.8 Å². The van der Waals surface area contributed by atoms with Gasteiger partial charge in [-0.2, -0.15) is 0 Å². The van der Waals surface area contributed by atoms with Crippen molar-refractivity contribution in [2.45, 2.75) is 56.6 Å². The average molecular weight is 607 g/mol. The second kappa shape index (κ2) is 10.7. The minimum absolute atomic E-state index is 0.107. The van der Waals surface area contributed by atoms with Crippen molar-refractivity contribution in [1.29, 1.82) is 5.41 Å². The number of phosphoric ester groups is 1. The largest absolute Gasteiger partial charge is 0.858 e. The van der Waals surface area contributed by atoms with E-state index >= 15 is 0 Å². The van der Waals surface area contributed by atoms with Gasteiger partial charge in [0.2, 0.25) is 0 Å². The van der Waals surface area contributed by atoms with Crippen LogP contribution >= 0.6 is 26.0 Å². The van der Waals surface area contributed by atoms with Crippen LogP contribution < -0.4 is 21.4 Å². The van der Waals surface area contributed by atoms with Crippen LogP contribution in [-0.2, 0) is 32.2 Å². The zero-order valence-corrected chi connectivity index (χ0v) is 22.7. The molecule has 39 heavy (non-hydrogen) atoms. The fourth-order valence-electron chi connectivity index (χ4n) is 4.39. The third-order valence-electron chi connectivity index (χ3n) is 6.24. The summed E-state index contributed by atoms with van der Waals surface area (Å²) in [5, 5.41) is 31.3. The Labute approximate surface area is 223 Å². The van der Waals surface area contributed by atoms with Crippen LogP contribution in [0.3, 0.4) is 0 Å². The standard InChI is InChI=1S/C19H25N5O12P2S/c1-9-6-24(19(27)22-17(9)25)16-5-11-13(34-16)8-39-38(30,31)36-10-4-15(23-3-2-14(20)21-18(23)26)33-12(10)7-32-37(28,29)35-11/h2-3,6,10-13,15-16H,4-5,7-8H2,1H3,(H,28,29)(H,30,31)(H2,20,21,26)(H,22,25,27)/p-2/t10-,11-,12+,13+,15+,16+/m0/s1. The predicted molar refractivity (Wildman–Crippen MR) is 125 cm³/mol. The van der Waals surface area contributed by atoms with Crippen LogP contribution in [0.25, 0.3) is 0 Å². The molecule has 0 radical (unpaired) electrons. The summed E-state index contributed by atoms with van der Waals surface area (Å²) in [6.45, 7) is -3.54. The Morgan fingerprint density at radius 3 is 2.44 bits per heavy atom. The Bertz CT molecular complexity index is 1470. The smallest absolute Gasteiger partial charge is 0.472 e. The number of aromatic nitrogens is 4. The maximum Gasteiger partial charge on any atom is 0.472 e. The van der Waals surface area contributed by atoms with E-state index in [1.165, 1.54) is 25.4 Å². The molecule has 0 aliphatic carbocycles.